The quantitative estimate of drug-likeness (QED) is 0.270. The van der Waals surface area contributed by atoms with Crippen LogP contribution in [0.3, 0.4) is 0 Å². The smallest absolute Gasteiger partial charge is 0.416 e. The normalized spacial score (nSPS) is 17.6. The van der Waals surface area contributed by atoms with Crippen LogP contribution in [-0.2, 0) is 20.8 Å². The number of pyridine rings is 2. The van der Waals surface area contributed by atoms with Crippen molar-refractivity contribution in [2.24, 2.45) is 0 Å². The molecule has 16 heteroatoms. The summed E-state index contributed by atoms with van der Waals surface area (Å²) in [5, 5.41) is 11.8. The fraction of sp³-hybridized carbons (Fsp3) is 0.379. The zero-order valence-corrected chi connectivity index (χ0v) is 24.6. The molecule has 0 aliphatic carbocycles. The number of hydrogen-bond donors (Lipinski definition) is 1. The number of sulfone groups is 1. The second kappa shape index (κ2) is 14.2. The Kier molecular flexibility index (Phi) is 10.6. The van der Waals surface area contributed by atoms with Crippen molar-refractivity contribution in [1.82, 2.24) is 15.3 Å². The van der Waals surface area contributed by atoms with E-state index in [2.05, 4.69) is 20.0 Å². The highest BCUT2D eigenvalue weighted by Crippen LogP contribution is 2.32. The number of carbonyl (C=O) groups is 1. The van der Waals surface area contributed by atoms with Crippen molar-refractivity contribution >= 4 is 21.4 Å². The molecule has 0 spiro atoms. The summed E-state index contributed by atoms with van der Waals surface area (Å²) in [6, 6.07) is 10.4. The number of nitrogens with one attached hydrogen (secondary N) is 1. The first-order valence-electron chi connectivity index (χ1n) is 13.6. The number of rotatable bonds is 12. The van der Waals surface area contributed by atoms with Gasteiger partial charge in [-0.1, -0.05) is 13.0 Å². The van der Waals surface area contributed by atoms with E-state index in [0.29, 0.717) is 11.3 Å². The van der Waals surface area contributed by atoms with Crippen molar-refractivity contribution in [3.63, 3.8) is 0 Å². The summed E-state index contributed by atoms with van der Waals surface area (Å²) in [6.45, 7) is -1.73. The molecule has 0 bridgehead atoms. The van der Waals surface area contributed by atoms with Gasteiger partial charge < -0.3 is 19.7 Å². The summed E-state index contributed by atoms with van der Waals surface area (Å²) in [7, 11) is -3.54. The van der Waals surface area contributed by atoms with Crippen molar-refractivity contribution in [3.05, 3.63) is 77.7 Å². The summed E-state index contributed by atoms with van der Waals surface area (Å²) in [5.74, 6) is -0.587. The first-order valence-corrected chi connectivity index (χ1v) is 15.3. The SMILES string of the molecule is CCS(=O)(=O)c1ccc([C@H](CC#N)NC(=O)c2ccc(N3C[C@@H](Oc4ccc(C(F)(F)F)cc4)C[C@H]3COC(F)F)cn2)cn1. The summed E-state index contributed by atoms with van der Waals surface area (Å²) in [6.07, 6.45) is -2.36. The van der Waals surface area contributed by atoms with Gasteiger partial charge in [-0.25, -0.2) is 18.4 Å². The Hall–Kier alpha value is -4.36. The molecule has 1 aliphatic heterocycles. The Morgan fingerprint density at radius 3 is 2.40 bits per heavy atom. The Balaban J connectivity index is 1.46. The van der Waals surface area contributed by atoms with Gasteiger partial charge in [0, 0.05) is 12.6 Å². The molecule has 1 amide bonds. The average molecular weight is 654 g/mol. The summed E-state index contributed by atoms with van der Waals surface area (Å²) < 4.78 is 98.8. The first kappa shape index (κ1) is 33.5. The number of anilines is 1. The summed E-state index contributed by atoms with van der Waals surface area (Å²) in [4.78, 5) is 22.8. The van der Waals surface area contributed by atoms with Crippen molar-refractivity contribution in [2.75, 3.05) is 23.8 Å². The lowest BCUT2D eigenvalue weighted by atomic mass is 10.1. The van der Waals surface area contributed by atoms with Crippen molar-refractivity contribution < 1.29 is 44.6 Å². The average Bonchev–Trinajstić information content (AvgIpc) is 3.42. The van der Waals surface area contributed by atoms with Gasteiger partial charge >= 0.3 is 12.8 Å². The highest BCUT2D eigenvalue weighted by atomic mass is 32.2. The van der Waals surface area contributed by atoms with Crippen molar-refractivity contribution in [3.8, 4) is 11.8 Å². The number of nitrogens with zero attached hydrogens (tertiary/aromatic N) is 4. The van der Waals surface area contributed by atoms with Crippen LogP contribution in [0.5, 0.6) is 5.75 Å². The maximum Gasteiger partial charge on any atom is 0.416 e. The van der Waals surface area contributed by atoms with Crippen molar-refractivity contribution in [1.29, 1.82) is 5.26 Å². The van der Waals surface area contributed by atoms with Gasteiger partial charge in [-0.2, -0.15) is 27.2 Å². The van der Waals surface area contributed by atoms with E-state index in [1.165, 1.54) is 49.6 Å². The van der Waals surface area contributed by atoms with E-state index in [0.717, 1.165) is 12.1 Å². The van der Waals surface area contributed by atoms with E-state index < -0.39 is 52.3 Å². The first-order chi connectivity index (χ1) is 21.3. The van der Waals surface area contributed by atoms with Gasteiger partial charge in [0.2, 0.25) is 0 Å². The molecule has 0 saturated carbocycles. The van der Waals surface area contributed by atoms with Crippen molar-refractivity contribution in [2.45, 2.75) is 55.8 Å². The maximum absolute atomic E-state index is 13.0. The number of benzene rings is 1. The largest absolute Gasteiger partial charge is 0.489 e. The molecular weight excluding hydrogens is 625 g/mol. The third-order valence-electron chi connectivity index (χ3n) is 7.05. The Labute approximate surface area is 255 Å². The van der Waals surface area contributed by atoms with Gasteiger partial charge in [-0.05, 0) is 48.0 Å². The van der Waals surface area contributed by atoms with Crippen LogP contribution >= 0.6 is 0 Å². The number of amides is 1. The molecule has 3 aromatic rings. The second-order valence-corrected chi connectivity index (χ2v) is 12.2. The zero-order chi connectivity index (χ0) is 32.8. The molecule has 3 heterocycles. The molecule has 1 aliphatic rings. The zero-order valence-electron chi connectivity index (χ0n) is 23.7. The Morgan fingerprint density at radius 1 is 1.11 bits per heavy atom. The molecule has 45 heavy (non-hydrogen) atoms. The highest BCUT2D eigenvalue weighted by molar-refractivity contribution is 7.91. The fourth-order valence-electron chi connectivity index (χ4n) is 4.73. The number of alkyl halides is 5. The minimum absolute atomic E-state index is 0.0167. The second-order valence-electron chi connectivity index (χ2n) is 10.0. The Bertz CT molecular complexity index is 1600. The third kappa shape index (κ3) is 8.64. The lowest BCUT2D eigenvalue weighted by Gasteiger charge is -2.26. The minimum Gasteiger partial charge on any atom is -0.489 e. The fourth-order valence-corrected chi connectivity index (χ4v) is 5.51. The molecule has 2 aromatic heterocycles. The number of halogens is 5. The van der Waals surface area contributed by atoms with Gasteiger partial charge in [0.15, 0.2) is 14.9 Å². The molecule has 0 radical (unpaired) electrons. The molecule has 0 unspecified atom stereocenters. The number of ether oxygens (including phenoxy) is 2. The number of aromatic nitrogens is 2. The minimum atomic E-state index is -4.50. The van der Waals surface area contributed by atoms with Gasteiger partial charge in [-0.15, -0.1) is 0 Å². The third-order valence-corrected chi connectivity index (χ3v) is 8.69. The van der Waals surface area contributed by atoms with Gasteiger partial charge in [0.05, 0.1) is 60.9 Å². The van der Waals surface area contributed by atoms with Crippen LogP contribution in [0.15, 0.2) is 66.0 Å². The predicted molar refractivity (Wildman–Crippen MR) is 150 cm³/mol. The predicted octanol–water partition coefficient (Wildman–Crippen LogP) is 4.94. The van der Waals surface area contributed by atoms with Crippen LogP contribution in [0.1, 0.15) is 47.4 Å². The number of hydrogen-bond acceptors (Lipinski definition) is 9. The van der Waals surface area contributed by atoms with Crippen LogP contribution < -0.4 is 15.0 Å². The summed E-state index contributed by atoms with van der Waals surface area (Å²) >= 11 is 0. The van der Waals surface area contributed by atoms with E-state index in [1.807, 2.05) is 6.07 Å². The standard InChI is InChI=1S/C29H28F5N5O5S/c1-2-45(41,42)26-10-3-18(14-37-26)24(11-12-35)38-27(40)25-9-6-20(15-36-25)39-16-23(13-21(39)17-43-28(30)31)44-22-7-4-19(5-8-22)29(32,33)34/h3-10,14-15,21,23-24,28H,2,11,13,16-17H2,1H3,(H,38,40)/t21-,23-,24-/m0/s1. The monoisotopic (exact) mass is 653 g/mol. The van der Waals surface area contributed by atoms with E-state index in [9.17, 15) is 40.4 Å². The van der Waals surface area contributed by atoms with Crippen LogP contribution in [0.4, 0.5) is 27.6 Å². The van der Waals surface area contributed by atoms with Crippen LogP contribution in [0.25, 0.3) is 0 Å². The molecule has 3 atom stereocenters. The molecule has 1 N–H and O–H groups in total. The molecule has 4 rings (SSSR count). The molecule has 1 saturated heterocycles. The molecular formula is C29H28F5N5O5S. The van der Waals surface area contributed by atoms with E-state index in [4.69, 9.17) is 4.74 Å². The topological polar surface area (TPSA) is 135 Å². The van der Waals surface area contributed by atoms with Gasteiger partial charge in [0.25, 0.3) is 5.91 Å². The van der Waals surface area contributed by atoms with Crippen LogP contribution in [0, 0.1) is 11.3 Å². The lowest BCUT2D eigenvalue weighted by molar-refractivity contribution is -0.137. The number of carbonyl (C=O) groups excluding carboxylic acids is 1. The lowest BCUT2D eigenvalue weighted by Crippen LogP contribution is -2.34. The van der Waals surface area contributed by atoms with Crippen LogP contribution in [0.2, 0.25) is 0 Å². The van der Waals surface area contributed by atoms with Gasteiger partial charge in [0.1, 0.15) is 17.5 Å². The number of nitriles is 1. The molecule has 1 fully saturated rings. The van der Waals surface area contributed by atoms with Gasteiger partial charge in [-0.3, -0.25) is 4.79 Å². The molecule has 240 valence electrons. The highest BCUT2D eigenvalue weighted by Gasteiger charge is 2.35. The molecule has 10 nitrogen and oxygen atoms in total. The van der Waals surface area contributed by atoms with E-state index >= 15 is 0 Å². The maximum atomic E-state index is 13.0. The molecule has 1 aromatic carbocycles. The van der Waals surface area contributed by atoms with Crippen LogP contribution in [-0.4, -0.2) is 62.0 Å². The summed E-state index contributed by atoms with van der Waals surface area (Å²) in [5.41, 5.74) is 0.0160. The van der Waals surface area contributed by atoms with E-state index in [-0.39, 0.29) is 48.2 Å². The van der Waals surface area contributed by atoms with E-state index in [1.54, 1.807) is 11.0 Å². The Morgan fingerprint density at radius 2 is 1.84 bits per heavy atom.